The van der Waals surface area contributed by atoms with Gasteiger partial charge in [0.1, 0.15) is 18.0 Å². The highest BCUT2D eigenvalue weighted by Crippen LogP contribution is 2.39. The van der Waals surface area contributed by atoms with Gasteiger partial charge in [0.25, 0.3) is 0 Å². The number of halogens is 3. The molecule has 31 heavy (non-hydrogen) atoms. The van der Waals surface area contributed by atoms with Gasteiger partial charge in [-0.1, -0.05) is 67.8 Å². The lowest BCUT2D eigenvalue weighted by Gasteiger charge is -2.25. The van der Waals surface area contributed by atoms with E-state index in [1.807, 2.05) is 48.5 Å². The summed E-state index contributed by atoms with van der Waals surface area (Å²) in [6.45, 7) is 0.171. The molecule has 4 rings (SSSR count). The van der Waals surface area contributed by atoms with E-state index in [1.165, 1.54) is 6.42 Å². The number of aromatic nitrogens is 2. The fourth-order valence-electron chi connectivity index (χ4n) is 3.97. The van der Waals surface area contributed by atoms with Crippen LogP contribution in [0.2, 0.25) is 0 Å². The van der Waals surface area contributed by atoms with Gasteiger partial charge in [-0.3, -0.25) is 0 Å². The molecule has 0 aliphatic heterocycles. The van der Waals surface area contributed by atoms with Gasteiger partial charge < -0.3 is 10.1 Å². The smallest absolute Gasteiger partial charge is 0.421 e. The maximum absolute atomic E-state index is 13.6. The molecule has 1 heterocycles. The fraction of sp³-hybridized carbons (Fsp3) is 0.333. The largest absolute Gasteiger partial charge is 0.459 e. The van der Waals surface area contributed by atoms with Crippen LogP contribution in [0.3, 0.4) is 0 Å². The van der Waals surface area contributed by atoms with Crippen molar-refractivity contribution in [2.45, 2.75) is 50.8 Å². The molecule has 162 valence electrons. The van der Waals surface area contributed by atoms with E-state index in [2.05, 4.69) is 15.3 Å². The van der Waals surface area contributed by atoms with Crippen LogP contribution >= 0.6 is 0 Å². The van der Waals surface area contributed by atoms with E-state index in [1.54, 1.807) is 6.07 Å². The van der Waals surface area contributed by atoms with E-state index >= 15 is 0 Å². The Balaban J connectivity index is 1.62. The lowest BCUT2D eigenvalue weighted by Crippen LogP contribution is -2.14. The first kappa shape index (κ1) is 21.2. The van der Waals surface area contributed by atoms with E-state index in [4.69, 9.17) is 4.74 Å². The number of para-hydroxylation sites is 1. The predicted molar refractivity (Wildman–Crippen MR) is 113 cm³/mol. The van der Waals surface area contributed by atoms with Crippen LogP contribution in [0.25, 0.3) is 0 Å². The first-order valence-corrected chi connectivity index (χ1v) is 10.5. The zero-order valence-electron chi connectivity index (χ0n) is 17.0. The second-order valence-electron chi connectivity index (χ2n) is 7.73. The molecule has 1 aromatic heterocycles. The highest BCUT2D eigenvalue weighted by atomic mass is 19.4. The number of ether oxygens (including phenoxy) is 1. The lowest BCUT2D eigenvalue weighted by atomic mass is 9.83. The SMILES string of the molecule is FC(F)(F)c1cnc(OCc2ccccc2)nc1Nc1ccccc1C1CCCCC1. The summed E-state index contributed by atoms with van der Waals surface area (Å²) in [5, 5.41) is 2.93. The first-order valence-electron chi connectivity index (χ1n) is 10.5. The minimum Gasteiger partial charge on any atom is -0.459 e. The molecular formula is C24H24F3N3O. The van der Waals surface area contributed by atoms with Crippen LogP contribution in [0.15, 0.2) is 60.8 Å². The molecule has 0 amide bonds. The zero-order chi connectivity index (χ0) is 21.7. The van der Waals surface area contributed by atoms with Gasteiger partial charge in [-0.05, 0) is 36.0 Å². The Labute approximate surface area is 179 Å². The zero-order valence-corrected chi connectivity index (χ0v) is 17.0. The Bertz CT molecular complexity index is 1000. The Morgan fingerprint density at radius 3 is 2.39 bits per heavy atom. The van der Waals surface area contributed by atoms with Crippen LogP contribution < -0.4 is 10.1 Å². The molecule has 0 radical (unpaired) electrons. The lowest BCUT2D eigenvalue weighted by molar-refractivity contribution is -0.137. The maximum atomic E-state index is 13.6. The van der Waals surface area contributed by atoms with Crippen LogP contribution in [-0.4, -0.2) is 9.97 Å². The average molecular weight is 427 g/mol. The van der Waals surface area contributed by atoms with Crippen molar-refractivity contribution in [1.82, 2.24) is 9.97 Å². The normalized spacial score (nSPS) is 14.9. The standard InChI is InChI=1S/C24H24F3N3O/c25-24(26,27)20-15-28-23(31-16-17-9-3-1-4-10-17)30-22(20)29-21-14-8-7-13-19(21)18-11-5-2-6-12-18/h1,3-4,7-10,13-15,18H,2,5-6,11-12,16H2,(H,28,29,30). The van der Waals surface area contributed by atoms with Gasteiger partial charge in [0.05, 0.1) is 0 Å². The Morgan fingerprint density at radius 2 is 1.65 bits per heavy atom. The number of alkyl halides is 3. The highest BCUT2D eigenvalue weighted by Gasteiger charge is 2.36. The van der Waals surface area contributed by atoms with Crippen LogP contribution in [0.1, 0.15) is 54.7 Å². The van der Waals surface area contributed by atoms with Crippen molar-refractivity contribution in [2.24, 2.45) is 0 Å². The van der Waals surface area contributed by atoms with E-state index in [-0.39, 0.29) is 18.4 Å². The Hall–Kier alpha value is -3.09. The molecule has 4 nitrogen and oxygen atoms in total. The number of nitrogens with one attached hydrogen (secondary N) is 1. The number of anilines is 2. The predicted octanol–water partition coefficient (Wildman–Crippen LogP) is 6.87. The quantitative estimate of drug-likeness (QED) is 0.467. The summed E-state index contributed by atoms with van der Waals surface area (Å²) in [5.74, 6) is 0.0382. The molecule has 0 unspecified atom stereocenters. The first-order chi connectivity index (χ1) is 15.0. The van der Waals surface area contributed by atoms with Crippen LogP contribution in [0, 0.1) is 0 Å². The number of benzene rings is 2. The van der Waals surface area contributed by atoms with E-state index in [9.17, 15) is 13.2 Å². The molecule has 0 bridgehead atoms. The number of rotatable bonds is 6. The topological polar surface area (TPSA) is 47.0 Å². The van der Waals surface area contributed by atoms with Crippen molar-refractivity contribution in [1.29, 1.82) is 0 Å². The average Bonchev–Trinajstić information content (AvgIpc) is 2.79. The number of hydrogen-bond acceptors (Lipinski definition) is 4. The minimum absolute atomic E-state index is 0.102. The van der Waals surface area contributed by atoms with Crippen molar-refractivity contribution in [2.75, 3.05) is 5.32 Å². The van der Waals surface area contributed by atoms with Crippen LogP contribution in [0.4, 0.5) is 24.7 Å². The van der Waals surface area contributed by atoms with E-state index in [0.717, 1.165) is 43.0 Å². The van der Waals surface area contributed by atoms with Crippen molar-refractivity contribution < 1.29 is 17.9 Å². The monoisotopic (exact) mass is 427 g/mol. The number of hydrogen-bond donors (Lipinski definition) is 1. The van der Waals surface area contributed by atoms with Crippen molar-refractivity contribution >= 4 is 11.5 Å². The maximum Gasteiger partial charge on any atom is 0.421 e. The van der Waals surface area contributed by atoms with Gasteiger partial charge in [0.2, 0.25) is 0 Å². The summed E-state index contributed by atoms with van der Waals surface area (Å²) in [4.78, 5) is 7.85. The van der Waals surface area contributed by atoms with E-state index < -0.39 is 11.7 Å². The van der Waals surface area contributed by atoms with Crippen molar-refractivity contribution in [3.8, 4) is 6.01 Å². The van der Waals surface area contributed by atoms with Crippen molar-refractivity contribution in [3.63, 3.8) is 0 Å². The van der Waals surface area contributed by atoms with Gasteiger partial charge in [-0.25, -0.2) is 4.98 Å². The minimum atomic E-state index is -4.58. The van der Waals surface area contributed by atoms with Gasteiger partial charge >= 0.3 is 12.2 Å². The molecule has 3 aromatic rings. The third-order valence-corrected chi connectivity index (χ3v) is 5.54. The molecule has 1 fully saturated rings. The molecule has 0 spiro atoms. The van der Waals surface area contributed by atoms with Crippen molar-refractivity contribution in [3.05, 3.63) is 77.5 Å². The third-order valence-electron chi connectivity index (χ3n) is 5.54. The van der Waals surface area contributed by atoms with Crippen LogP contribution in [0.5, 0.6) is 6.01 Å². The summed E-state index contributed by atoms with van der Waals surface area (Å²) < 4.78 is 46.4. The fourth-order valence-corrected chi connectivity index (χ4v) is 3.97. The van der Waals surface area contributed by atoms with E-state index in [0.29, 0.717) is 11.6 Å². The Morgan fingerprint density at radius 1 is 0.935 bits per heavy atom. The molecule has 1 saturated carbocycles. The molecule has 0 atom stereocenters. The molecule has 7 heteroatoms. The molecule has 2 aromatic carbocycles. The molecule has 1 aliphatic carbocycles. The summed E-state index contributed by atoms with van der Waals surface area (Å²) in [6, 6.07) is 16.8. The molecular weight excluding hydrogens is 403 g/mol. The second-order valence-corrected chi connectivity index (χ2v) is 7.73. The van der Waals surface area contributed by atoms with Crippen LogP contribution in [-0.2, 0) is 12.8 Å². The summed E-state index contributed by atoms with van der Waals surface area (Å²) in [7, 11) is 0. The molecule has 1 N–H and O–H groups in total. The summed E-state index contributed by atoms with van der Waals surface area (Å²) >= 11 is 0. The third kappa shape index (κ3) is 5.34. The Kier molecular flexibility index (Phi) is 6.39. The highest BCUT2D eigenvalue weighted by molar-refractivity contribution is 5.64. The van der Waals surface area contributed by atoms with Gasteiger partial charge in [0.15, 0.2) is 0 Å². The summed E-state index contributed by atoms with van der Waals surface area (Å²) in [5.41, 5.74) is 1.63. The van der Waals surface area contributed by atoms with Gasteiger partial charge in [-0.15, -0.1) is 0 Å². The summed E-state index contributed by atoms with van der Waals surface area (Å²) in [6.07, 6.45) is 1.76. The van der Waals surface area contributed by atoms with Gasteiger partial charge in [0, 0.05) is 11.9 Å². The van der Waals surface area contributed by atoms with Gasteiger partial charge in [-0.2, -0.15) is 18.2 Å². The molecule has 1 aliphatic rings. The number of nitrogens with zero attached hydrogens (tertiary/aromatic N) is 2. The second kappa shape index (κ2) is 9.37. The molecule has 0 saturated heterocycles.